The highest BCUT2D eigenvalue weighted by atomic mass is 16.4. The first-order valence-electron chi connectivity index (χ1n) is 9.52. The molecule has 1 saturated carbocycles. The van der Waals surface area contributed by atoms with Gasteiger partial charge in [-0.2, -0.15) is 0 Å². The van der Waals surface area contributed by atoms with Crippen LogP contribution in [0.15, 0.2) is 24.3 Å². The Balaban J connectivity index is 1.57. The molecule has 0 bridgehead atoms. The fraction of sp³-hybridized carbons (Fsp3) is 0.550. The standard InChI is InChI=1S/C20H24N2O4/c23-18-6-3-11-21(18)15-9-7-13(8-10-15)19(24)22-16-5-2-1-4-14(16)12-17(22)20(25)26/h7-10,14,16-17H,1-6,11-12H2,(H,25,26). The number of benzene rings is 1. The fourth-order valence-corrected chi connectivity index (χ4v) is 4.83. The highest BCUT2D eigenvalue weighted by Crippen LogP contribution is 2.40. The van der Waals surface area contributed by atoms with Crippen LogP contribution in [0.4, 0.5) is 5.69 Å². The Morgan fingerprint density at radius 2 is 1.77 bits per heavy atom. The summed E-state index contributed by atoms with van der Waals surface area (Å²) < 4.78 is 0. The van der Waals surface area contributed by atoms with Crippen LogP contribution in [0.5, 0.6) is 0 Å². The highest BCUT2D eigenvalue weighted by Gasteiger charge is 2.47. The minimum atomic E-state index is -0.910. The second-order valence-electron chi connectivity index (χ2n) is 7.61. The summed E-state index contributed by atoms with van der Waals surface area (Å²) in [5.74, 6) is -0.701. The van der Waals surface area contributed by atoms with E-state index in [1.165, 1.54) is 0 Å². The molecule has 3 fully saturated rings. The van der Waals surface area contributed by atoms with Crippen LogP contribution in [0.2, 0.25) is 0 Å². The van der Waals surface area contributed by atoms with Crippen molar-refractivity contribution in [1.29, 1.82) is 0 Å². The number of carbonyl (C=O) groups is 3. The van der Waals surface area contributed by atoms with Crippen molar-refractivity contribution in [3.05, 3.63) is 29.8 Å². The summed E-state index contributed by atoms with van der Waals surface area (Å²) in [5.41, 5.74) is 1.30. The van der Waals surface area contributed by atoms with Gasteiger partial charge in [-0.05, 0) is 55.9 Å². The van der Waals surface area contributed by atoms with E-state index in [1.807, 2.05) is 0 Å². The molecule has 1 aromatic carbocycles. The first-order valence-corrected chi connectivity index (χ1v) is 9.52. The Hall–Kier alpha value is -2.37. The van der Waals surface area contributed by atoms with Crippen LogP contribution < -0.4 is 4.90 Å². The number of carboxylic acid groups (broad SMARTS) is 1. The van der Waals surface area contributed by atoms with Crippen LogP contribution in [-0.4, -0.2) is 46.4 Å². The molecule has 1 N–H and O–H groups in total. The normalized spacial score (nSPS) is 28.3. The Morgan fingerprint density at radius 1 is 1.04 bits per heavy atom. The van der Waals surface area contributed by atoms with Gasteiger partial charge in [0.2, 0.25) is 5.91 Å². The lowest BCUT2D eigenvalue weighted by Crippen LogP contribution is -2.46. The average molecular weight is 356 g/mol. The fourth-order valence-electron chi connectivity index (χ4n) is 4.83. The molecule has 2 heterocycles. The van der Waals surface area contributed by atoms with Crippen molar-refractivity contribution in [3.8, 4) is 0 Å². The van der Waals surface area contributed by atoms with Crippen molar-refractivity contribution >= 4 is 23.5 Å². The van der Waals surface area contributed by atoms with Gasteiger partial charge >= 0.3 is 5.97 Å². The van der Waals surface area contributed by atoms with E-state index in [9.17, 15) is 19.5 Å². The molecule has 1 aliphatic carbocycles. The lowest BCUT2D eigenvalue weighted by molar-refractivity contribution is -0.141. The summed E-state index contributed by atoms with van der Waals surface area (Å²) in [5, 5.41) is 9.61. The second-order valence-corrected chi connectivity index (χ2v) is 7.61. The first-order chi connectivity index (χ1) is 12.6. The van der Waals surface area contributed by atoms with Gasteiger partial charge in [0.05, 0.1) is 0 Å². The molecular weight excluding hydrogens is 332 g/mol. The highest BCUT2D eigenvalue weighted by molar-refractivity contribution is 5.99. The number of hydrogen-bond acceptors (Lipinski definition) is 3. The van der Waals surface area contributed by atoms with Crippen molar-refractivity contribution in [2.45, 2.75) is 57.0 Å². The summed E-state index contributed by atoms with van der Waals surface area (Å²) in [6, 6.07) is 6.34. The van der Waals surface area contributed by atoms with Crippen LogP contribution in [-0.2, 0) is 9.59 Å². The summed E-state index contributed by atoms with van der Waals surface area (Å²) in [6.45, 7) is 0.711. The molecule has 6 heteroatoms. The van der Waals surface area contributed by atoms with Crippen molar-refractivity contribution in [1.82, 2.24) is 4.90 Å². The van der Waals surface area contributed by atoms with E-state index >= 15 is 0 Å². The van der Waals surface area contributed by atoms with Gasteiger partial charge < -0.3 is 14.9 Å². The number of nitrogens with zero attached hydrogens (tertiary/aromatic N) is 2. The predicted molar refractivity (Wildman–Crippen MR) is 96.0 cm³/mol. The summed E-state index contributed by atoms with van der Waals surface area (Å²) >= 11 is 0. The van der Waals surface area contributed by atoms with Gasteiger partial charge in [-0.1, -0.05) is 12.8 Å². The maximum Gasteiger partial charge on any atom is 0.326 e. The van der Waals surface area contributed by atoms with Gasteiger partial charge in [-0.25, -0.2) is 4.79 Å². The van der Waals surface area contributed by atoms with Gasteiger partial charge in [-0.15, -0.1) is 0 Å². The molecule has 138 valence electrons. The van der Waals surface area contributed by atoms with Crippen LogP contribution in [0.1, 0.15) is 55.3 Å². The van der Waals surface area contributed by atoms with Gasteiger partial charge in [0.1, 0.15) is 6.04 Å². The molecule has 2 aliphatic heterocycles. The van der Waals surface area contributed by atoms with Crippen molar-refractivity contribution < 1.29 is 19.5 Å². The number of amides is 2. The summed E-state index contributed by atoms with van der Waals surface area (Å²) in [6.07, 6.45) is 6.05. The molecule has 3 aliphatic rings. The van der Waals surface area contributed by atoms with Gasteiger partial charge in [0.15, 0.2) is 0 Å². The number of rotatable bonds is 3. The molecule has 2 amide bonds. The average Bonchev–Trinajstić information content (AvgIpc) is 3.25. The van der Waals surface area contributed by atoms with Gasteiger partial charge in [0, 0.05) is 30.3 Å². The Morgan fingerprint density at radius 3 is 2.42 bits per heavy atom. The number of carbonyl (C=O) groups excluding carboxylic acids is 2. The minimum Gasteiger partial charge on any atom is -0.480 e. The van der Waals surface area contributed by atoms with Crippen LogP contribution >= 0.6 is 0 Å². The zero-order valence-electron chi connectivity index (χ0n) is 14.8. The number of hydrogen-bond donors (Lipinski definition) is 1. The van der Waals surface area contributed by atoms with E-state index in [2.05, 4.69) is 0 Å². The van der Waals surface area contributed by atoms with E-state index in [0.29, 0.717) is 30.9 Å². The Labute approximate surface area is 152 Å². The van der Waals surface area contributed by atoms with Crippen LogP contribution in [0.25, 0.3) is 0 Å². The lowest BCUT2D eigenvalue weighted by Gasteiger charge is -2.33. The van der Waals surface area contributed by atoms with E-state index in [1.54, 1.807) is 34.1 Å². The minimum absolute atomic E-state index is 0.0391. The molecule has 0 aromatic heterocycles. The van der Waals surface area contributed by atoms with Crippen molar-refractivity contribution in [2.75, 3.05) is 11.4 Å². The van der Waals surface area contributed by atoms with E-state index in [0.717, 1.165) is 37.8 Å². The quantitative estimate of drug-likeness (QED) is 0.903. The predicted octanol–water partition coefficient (Wildman–Crippen LogP) is 2.67. The molecule has 26 heavy (non-hydrogen) atoms. The maximum absolute atomic E-state index is 13.1. The monoisotopic (exact) mass is 356 g/mol. The number of anilines is 1. The molecule has 4 rings (SSSR count). The molecule has 3 atom stereocenters. The number of fused-ring (bicyclic) bond motifs is 1. The zero-order chi connectivity index (χ0) is 18.3. The molecule has 0 spiro atoms. The van der Waals surface area contributed by atoms with Crippen LogP contribution in [0, 0.1) is 5.92 Å². The molecule has 0 radical (unpaired) electrons. The van der Waals surface area contributed by atoms with Crippen molar-refractivity contribution in [3.63, 3.8) is 0 Å². The molecule has 1 aromatic rings. The third kappa shape index (κ3) is 2.87. The number of aliphatic carboxylic acids is 1. The SMILES string of the molecule is O=C(O)C1CC2CCCCC2N1C(=O)c1ccc(N2CCCC2=O)cc1. The first kappa shape index (κ1) is 17.1. The van der Waals surface area contributed by atoms with E-state index < -0.39 is 12.0 Å². The lowest BCUT2D eigenvalue weighted by atomic mass is 9.84. The molecule has 6 nitrogen and oxygen atoms in total. The third-order valence-corrected chi connectivity index (χ3v) is 6.11. The number of likely N-dealkylation sites (tertiary alicyclic amines) is 1. The Kier molecular flexibility index (Phi) is 4.42. The van der Waals surface area contributed by atoms with E-state index in [-0.39, 0.29) is 17.9 Å². The van der Waals surface area contributed by atoms with E-state index in [4.69, 9.17) is 0 Å². The van der Waals surface area contributed by atoms with Gasteiger partial charge in [0.25, 0.3) is 5.91 Å². The molecule has 3 unspecified atom stereocenters. The summed E-state index contributed by atoms with van der Waals surface area (Å²) in [4.78, 5) is 40.0. The number of carboxylic acids is 1. The molecule has 2 saturated heterocycles. The Bertz CT molecular complexity index is 730. The smallest absolute Gasteiger partial charge is 0.326 e. The second kappa shape index (κ2) is 6.74. The van der Waals surface area contributed by atoms with Gasteiger partial charge in [-0.3, -0.25) is 9.59 Å². The largest absolute Gasteiger partial charge is 0.480 e. The maximum atomic E-state index is 13.1. The molecular formula is C20H24N2O4. The van der Waals surface area contributed by atoms with Crippen LogP contribution in [0.3, 0.4) is 0 Å². The zero-order valence-corrected chi connectivity index (χ0v) is 14.8. The topological polar surface area (TPSA) is 77.9 Å². The summed E-state index contributed by atoms with van der Waals surface area (Å²) in [7, 11) is 0. The van der Waals surface area contributed by atoms with Crippen molar-refractivity contribution in [2.24, 2.45) is 5.92 Å². The third-order valence-electron chi connectivity index (χ3n) is 6.11.